The molecular formula is C21H22FN3O4S2. The van der Waals surface area contributed by atoms with Gasteiger partial charge in [-0.3, -0.25) is 4.79 Å². The Balaban J connectivity index is 1.76. The summed E-state index contributed by atoms with van der Waals surface area (Å²) in [6.45, 7) is 1.99. The quantitative estimate of drug-likeness (QED) is 0.507. The first-order valence-electron chi connectivity index (χ1n) is 9.51. The van der Waals surface area contributed by atoms with Gasteiger partial charge in [0.05, 0.1) is 18.2 Å². The molecule has 3 rings (SSSR count). The van der Waals surface area contributed by atoms with E-state index in [0.29, 0.717) is 12.0 Å². The molecule has 0 aliphatic heterocycles. The summed E-state index contributed by atoms with van der Waals surface area (Å²) in [6, 6.07) is 12.1. The van der Waals surface area contributed by atoms with E-state index in [-0.39, 0.29) is 18.1 Å². The molecule has 2 aromatic carbocycles. The number of nitrogens with two attached hydrogens (primary N) is 1. The number of aryl methyl sites for hydroxylation is 1. The van der Waals surface area contributed by atoms with Crippen molar-refractivity contribution in [1.29, 1.82) is 0 Å². The number of nitrogens with one attached hydrogen (secondary N) is 1. The third-order valence-corrected chi connectivity index (χ3v) is 5.88. The lowest BCUT2D eigenvalue weighted by Crippen LogP contribution is -2.31. The van der Waals surface area contributed by atoms with E-state index in [4.69, 9.17) is 5.14 Å². The van der Waals surface area contributed by atoms with Crippen LogP contribution < -0.4 is 14.6 Å². The molecule has 0 fully saturated rings. The minimum absolute atomic E-state index is 0.0870. The Morgan fingerprint density at radius 2 is 1.94 bits per heavy atom. The molecule has 0 saturated heterocycles. The maximum Gasteiger partial charge on any atom is 0.380 e. The molecule has 7 nitrogen and oxygen atoms in total. The summed E-state index contributed by atoms with van der Waals surface area (Å²) in [7, 11) is -4.10. The first kappa shape index (κ1) is 22.9. The Labute approximate surface area is 184 Å². The monoisotopic (exact) mass is 463 g/mol. The molecular weight excluding hydrogens is 441 g/mol. The fraction of sp³-hybridized carbons (Fsp3) is 0.238. The van der Waals surface area contributed by atoms with Crippen molar-refractivity contribution in [2.75, 3.05) is 0 Å². The largest absolute Gasteiger partial charge is 0.380 e. The van der Waals surface area contributed by atoms with Crippen molar-refractivity contribution >= 4 is 27.5 Å². The lowest BCUT2D eigenvalue weighted by molar-refractivity contribution is -0.121. The van der Waals surface area contributed by atoms with Gasteiger partial charge < -0.3 is 9.50 Å². The molecule has 0 aliphatic rings. The highest BCUT2D eigenvalue weighted by Gasteiger charge is 2.20. The molecule has 3 N–H and O–H groups in total. The van der Waals surface area contributed by atoms with Crippen molar-refractivity contribution in [3.63, 3.8) is 0 Å². The molecule has 1 heterocycles. The van der Waals surface area contributed by atoms with Crippen molar-refractivity contribution in [3.05, 3.63) is 81.6 Å². The van der Waals surface area contributed by atoms with E-state index < -0.39 is 22.2 Å². The van der Waals surface area contributed by atoms with E-state index in [1.807, 2.05) is 12.3 Å². The summed E-state index contributed by atoms with van der Waals surface area (Å²) in [5, 5.41) is 10.5. The number of hydrogen-bond donors (Lipinski definition) is 2. The highest BCUT2D eigenvalue weighted by molar-refractivity contribution is 7.84. The Morgan fingerprint density at radius 1 is 1.23 bits per heavy atom. The molecule has 0 unspecified atom stereocenters. The van der Waals surface area contributed by atoms with Gasteiger partial charge in [0.1, 0.15) is 16.6 Å². The van der Waals surface area contributed by atoms with E-state index in [9.17, 15) is 17.6 Å². The van der Waals surface area contributed by atoms with Crippen LogP contribution in [0.5, 0.6) is 5.75 Å². The van der Waals surface area contributed by atoms with Gasteiger partial charge in [-0.1, -0.05) is 37.3 Å². The standard InChI is InChI=1S/C21H22FN3O4S2/c1-2-16-13-30-21(24-16)19(25-20(26)12-15-5-3-4-6-18(15)22)11-14-7-9-17(10-8-14)29-31(23,27)28/h3-10,13,19H,2,11-12H2,1H3,(H,25,26)(H2,23,27,28)/t19-/m0/s1. The predicted molar refractivity (Wildman–Crippen MR) is 116 cm³/mol. The van der Waals surface area contributed by atoms with E-state index in [0.717, 1.165) is 22.7 Å². The van der Waals surface area contributed by atoms with E-state index in [1.165, 1.54) is 29.5 Å². The molecule has 0 saturated carbocycles. The fourth-order valence-electron chi connectivity index (χ4n) is 2.96. The van der Waals surface area contributed by atoms with Gasteiger partial charge in [0.25, 0.3) is 0 Å². The Morgan fingerprint density at radius 3 is 2.55 bits per heavy atom. The van der Waals surface area contributed by atoms with Crippen LogP contribution in [0, 0.1) is 5.82 Å². The van der Waals surface area contributed by atoms with Crippen LogP contribution in [0.25, 0.3) is 0 Å². The SMILES string of the molecule is CCc1csc([C@H](Cc2ccc(OS(N)(=O)=O)cc2)NC(=O)Cc2ccccc2F)n1. The van der Waals surface area contributed by atoms with Crippen LogP contribution >= 0.6 is 11.3 Å². The van der Waals surface area contributed by atoms with Gasteiger partial charge in [0, 0.05) is 5.38 Å². The van der Waals surface area contributed by atoms with Crippen LogP contribution in [0.1, 0.15) is 34.8 Å². The molecule has 164 valence electrons. The number of amides is 1. The minimum Gasteiger partial charge on any atom is -0.371 e. The predicted octanol–water partition coefficient (Wildman–Crippen LogP) is 3.07. The molecule has 3 aromatic rings. The van der Waals surface area contributed by atoms with Gasteiger partial charge in [-0.15, -0.1) is 11.3 Å². The minimum atomic E-state index is -4.10. The number of hydrogen-bond acceptors (Lipinski definition) is 6. The maximum absolute atomic E-state index is 13.9. The fourth-order valence-corrected chi connectivity index (χ4v) is 4.29. The molecule has 0 spiro atoms. The van der Waals surface area contributed by atoms with Crippen molar-refractivity contribution in [2.24, 2.45) is 5.14 Å². The van der Waals surface area contributed by atoms with Crippen molar-refractivity contribution in [2.45, 2.75) is 32.2 Å². The van der Waals surface area contributed by atoms with Crippen LogP contribution in [0.2, 0.25) is 0 Å². The lowest BCUT2D eigenvalue weighted by atomic mass is 10.1. The summed E-state index contributed by atoms with van der Waals surface area (Å²) < 4.78 is 40.6. The van der Waals surface area contributed by atoms with Crippen LogP contribution in [0.3, 0.4) is 0 Å². The number of thiazole rings is 1. The summed E-state index contributed by atoms with van der Waals surface area (Å²) in [6.07, 6.45) is 1.09. The van der Waals surface area contributed by atoms with Crippen LogP contribution in [-0.4, -0.2) is 19.3 Å². The smallest absolute Gasteiger partial charge is 0.371 e. The zero-order chi connectivity index (χ0) is 22.4. The zero-order valence-electron chi connectivity index (χ0n) is 16.7. The van der Waals surface area contributed by atoms with Gasteiger partial charge in [0.2, 0.25) is 5.91 Å². The van der Waals surface area contributed by atoms with Crippen LogP contribution in [0.15, 0.2) is 53.9 Å². The second-order valence-corrected chi connectivity index (χ2v) is 8.89. The molecule has 0 radical (unpaired) electrons. The summed E-state index contributed by atoms with van der Waals surface area (Å²) >= 11 is 1.44. The van der Waals surface area contributed by atoms with Gasteiger partial charge in [-0.05, 0) is 42.2 Å². The highest BCUT2D eigenvalue weighted by atomic mass is 32.2. The van der Waals surface area contributed by atoms with Gasteiger partial charge in [-0.2, -0.15) is 13.6 Å². The molecule has 0 aliphatic carbocycles. The number of aromatic nitrogens is 1. The third kappa shape index (κ3) is 6.84. The second kappa shape index (κ2) is 9.99. The first-order valence-corrected chi connectivity index (χ1v) is 11.9. The molecule has 1 amide bonds. The van der Waals surface area contributed by atoms with Crippen molar-refractivity contribution in [1.82, 2.24) is 10.3 Å². The van der Waals surface area contributed by atoms with Gasteiger partial charge in [0.15, 0.2) is 0 Å². The molecule has 10 heteroatoms. The van der Waals surface area contributed by atoms with Gasteiger partial charge in [-0.25, -0.2) is 9.37 Å². The van der Waals surface area contributed by atoms with Crippen molar-refractivity contribution in [3.8, 4) is 5.75 Å². The van der Waals surface area contributed by atoms with Gasteiger partial charge >= 0.3 is 10.3 Å². The number of halogens is 1. The number of carbonyl (C=O) groups is 1. The van der Waals surface area contributed by atoms with E-state index in [2.05, 4.69) is 14.5 Å². The molecule has 31 heavy (non-hydrogen) atoms. The van der Waals surface area contributed by atoms with Crippen LogP contribution in [0.4, 0.5) is 4.39 Å². The Hall–Kier alpha value is -2.82. The zero-order valence-corrected chi connectivity index (χ0v) is 18.4. The average Bonchev–Trinajstić information content (AvgIpc) is 3.19. The topological polar surface area (TPSA) is 111 Å². The molecule has 0 bridgehead atoms. The normalized spacial score (nSPS) is 12.4. The number of benzene rings is 2. The number of nitrogens with zero attached hydrogens (tertiary/aromatic N) is 1. The molecule has 1 aromatic heterocycles. The Bertz CT molecular complexity index is 1150. The summed E-state index contributed by atoms with van der Waals surface area (Å²) in [5.41, 5.74) is 2.06. The Kier molecular flexibility index (Phi) is 7.37. The third-order valence-electron chi connectivity index (χ3n) is 4.45. The second-order valence-electron chi connectivity index (χ2n) is 6.84. The number of carbonyl (C=O) groups excluding carboxylic acids is 1. The molecule has 1 atom stereocenters. The highest BCUT2D eigenvalue weighted by Crippen LogP contribution is 2.24. The van der Waals surface area contributed by atoms with E-state index in [1.54, 1.807) is 30.3 Å². The summed E-state index contributed by atoms with van der Waals surface area (Å²) in [5.74, 6) is -0.659. The maximum atomic E-state index is 13.9. The van der Waals surface area contributed by atoms with E-state index >= 15 is 0 Å². The first-order chi connectivity index (χ1) is 14.7. The number of rotatable bonds is 9. The lowest BCUT2D eigenvalue weighted by Gasteiger charge is -2.17. The van der Waals surface area contributed by atoms with Crippen molar-refractivity contribution < 1.29 is 21.8 Å². The average molecular weight is 464 g/mol. The summed E-state index contributed by atoms with van der Waals surface area (Å²) in [4.78, 5) is 17.2. The van der Waals surface area contributed by atoms with Crippen LogP contribution in [-0.2, 0) is 34.4 Å².